The summed E-state index contributed by atoms with van der Waals surface area (Å²) in [7, 11) is 3.07. The zero-order valence-electron chi connectivity index (χ0n) is 14.2. The first-order valence-electron chi connectivity index (χ1n) is 7.39. The van der Waals surface area contributed by atoms with Crippen LogP contribution >= 0.6 is 23.1 Å². The maximum absolute atomic E-state index is 12.2. The highest BCUT2D eigenvalue weighted by molar-refractivity contribution is 8.01. The molecule has 1 amide bonds. The van der Waals surface area contributed by atoms with Gasteiger partial charge in [0.15, 0.2) is 15.8 Å². The van der Waals surface area contributed by atoms with Crippen LogP contribution in [0.5, 0.6) is 11.5 Å². The molecule has 0 atom stereocenters. The highest BCUT2D eigenvalue weighted by atomic mass is 32.2. The lowest BCUT2D eigenvalue weighted by molar-refractivity contribution is -0.113. The van der Waals surface area contributed by atoms with Crippen LogP contribution in [0.2, 0.25) is 0 Å². The van der Waals surface area contributed by atoms with Crippen LogP contribution in [-0.4, -0.2) is 45.7 Å². The number of ether oxygens (including phenoxy) is 2. The molecule has 0 saturated heterocycles. The summed E-state index contributed by atoms with van der Waals surface area (Å²) in [5, 5.41) is 14.6. The Morgan fingerprint density at radius 2 is 2.04 bits per heavy atom. The van der Waals surface area contributed by atoms with E-state index in [0.29, 0.717) is 26.5 Å². The summed E-state index contributed by atoms with van der Waals surface area (Å²) in [6.45, 7) is 1.57. The van der Waals surface area contributed by atoms with Gasteiger partial charge in [-0.2, -0.15) is 4.52 Å². The van der Waals surface area contributed by atoms with E-state index in [1.165, 1.54) is 34.7 Å². The number of amides is 1. The van der Waals surface area contributed by atoms with E-state index < -0.39 is 0 Å². The zero-order chi connectivity index (χ0) is 18.7. The van der Waals surface area contributed by atoms with Gasteiger partial charge in [-0.3, -0.25) is 9.59 Å². The number of rotatable bonds is 6. The van der Waals surface area contributed by atoms with Gasteiger partial charge in [-0.25, -0.2) is 0 Å². The monoisotopic (exact) mass is 393 g/mol. The maximum atomic E-state index is 12.2. The predicted molar refractivity (Wildman–Crippen MR) is 98.6 cm³/mol. The molecule has 9 nitrogen and oxygen atoms in total. The van der Waals surface area contributed by atoms with Gasteiger partial charge in [-0.1, -0.05) is 23.1 Å². The third-order valence-corrected chi connectivity index (χ3v) is 5.36. The van der Waals surface area contributed by atoms with Gasteiger partial charge in [0.25, 0.3) is 5.56 Å². The molecule has 26 heavy (non-hydrogen) atoms. The molecule has 0 aliphatic heterocycles. The van der Waals surface area contributed by atoms with E-state index in [9.17, 15) is 9.59 Å². The fourth-order valence-electron chi connectivity index (χ4n) is 2.07. The zero-order valence-corrected chi connectivity index (χ0v) is 15.8. The number of fused-ring (bicyclic) bond motifs is 1. The minimum Gasteiger partial charge on any atom is -0.493 e. The SMILES string of the molecule is COc1ccc(NC(=O)CSc2nn3c(=O)c(C)nnc3s2)cc1OC. The Kier molecular flexibility index (Phi) is 5.38. The second-order valence-electron chi connectivity index (χ2n) is 5.06. The molecule has 0 fully saturated rings. The van der Waals surface area contributed by atoms with Crippen molar-refractivity contribution in [1.29, 1.82) is 0 Å². The molecular weight excluding hydrogens is 378 g/mol. The molecule has 0 saturated carbocycles. The smallest absolute Gasteiger partial charge is 0.296 e. The Hall–Kier alpha value is -2.66. The Labute approximate surface area is 156 Å². The van der Waals surface area contributed by atoms with Crippen LogP contribution in [0.3, 0.4) is 0 Å². The molecule has 0 radical (unpaired) electrons. The molecule has 0 unspecified atom stereocenters. The van der Waals surface area contributed by atoms with Crippen LogP contribution in [-0.2, 0) is 4.79 Å². The Morgan fingerprint density at radius 1 is 1.27 bits per heavy atom. The molecule has 2 aromatic heterocycles. The van der Waals surface area contributed by atoms with E-state index in [0.717, 1.165) is 0 Å². The lowest BCUT2D eigenvalue weighted by Gasteiger charge is -2.10. The van der Waals surface area contributed by atoms with Gasteiger partial charge >= 0.3 is 0 Å². The van der Waals surface area contributed by atoms with Crippen LogP contribution in [0.15, 0.2) is 27.3 Å². The maximum Gasteiger partial charge on any atom is 0.296 e. The number of hydrogen-bond acceptors (Lipinski definition) is 9. The molecule has 2 heterocycles. The van der Waals surface area contributed by atoms with E-state index in [1.54, 1.807) is 32.2 Å². The molecule has 0 aliphatic carbocycles. The van der Waals surface area contributed by atoms with Crippen molar-refractivity contribution < 1.29 is 14.3 Å². The van der Waals surface area contributed by atoms with Crippen LogP contribution < -0.4 is 20.3 Å². The lowest BCUT2D eigenvalue weighted by Crippen LogP contribution is -2.19. The summed E-state index contributed by atoms with van der Waals surface area (Å²) in [6, 6.07) is 5.11. The van der Waals surface area contributed by atoms with Crippen molar-refractivity contribution in [3.05, 3.63) is 34.2 Å². The molecule has 3 aromatic rings. The number of carbonyl (C=O) groups excluding carboxylic acids is 1. The number of carbonyl (C=O) groups is 1. The second kappa shape index (κ2) is 7.70. The van der Waals surface area contributed by atoms with E-state index in [-0.39, 0.29) is 22.9 Å². The summed E-state index contributed by atoms with van der Waals surface area (Å²) >= 11 is 2.42. The molecule has 0 aliphatic rings. The summed E-state index contributed by atoms with van der Waals surface area (Å²) in [5.41, 5.74) is 0.554. The average Bonchev–Trinajstić information content (AvgIpc) is 3.07. The number of hydrogen-bond donors (Lipinski definition) is 1. The molecule has 11 heteroatoms. The topological polar surface area (TPSA) is 108 Å². The molecule has 1 aromatic carbocycles. The van der Waals surface area contributed by atoms with Crippen LogP contribution in [0.1, 0.15) is 5.69 Å². The highest BCUT2D eigenvalue weighted by Crippen LogP contribution is 2.30. The van der Waals surface area contributed by atoms with E-state index >= 15 is 0 Å². The fraction of sp³-hybridized carbons (Fsp3) is 0.267. The van der Waals surface area contributed by atoms with Gasteiger partial charge in [0.1, 0.15) is 5.69 Å². The predicted octanol–water partition coefficient (Wildman–Crippen LogP) is 1.60. The minimum atomic E-state index is -0.312. The van der Waals surface area contributed by atoms with Crippen molar-refractivity contribution >= 4 is 39.7 Å². The Balaban J connectivity index is 1.66. The van der Waals surface area contributed by atoms with Gasteiger partial charge in [0, 0.05) is 11.8 Å². The van der Waals surface area contributed by atoms with Crippen LogP contribution in [0, 0.1) is 6.92 Å². The normalized spacial score (nSPS) is 10.7. The molecule has 0 bridgehead atoms. The van der Waals surface area contributed by atoms with Gasteiger partial charge in [0.05, 0.1) is 20.0 Å². The lowest BCUT2D eigenvalue weighted by atomic mass is 10.2. The van der Waals surface area contributed by atoms with Gasteiger partial charge in [-0.05, 0) is 19.1 Å². The largest absolute Gasteiger partial charge is 0.493 e. The van der Waals surface area contributed by atoms with E-state index in [1.807, 2.05) is 0 Å². The van der Waals surface area contributed by atoms with Gasteiger partial charge in [-0.15, -0.1) is 15.3 Å². The first-order chi connectivity index (χ1) is 12.5. The average molecular weight is 393 g/mol. The Bertz CT molecular complexity index is 1020. The number of nitrogens with zero attached hydrogens (tertiary/aromatic N) is 4. The molecule has 136 valence electrons. The van der Waals surface area contributed by atoms with Crippen molar-refractivity contribution in [2.24, 2.45) is 0 Å². The third-order valence-electron chi connectivity index (χ3n) is 3.32. The van der Waals surface area contributed by atoms with Crippen molar-refractivity contribution in [1.82, 2.24) is 19.8 Å². The van der Waals surface area contributed by atoms with Crippen molar-refractivity contribution in [2.75, 3.05) is 25.3 Å². The minimum absolute atomic E-state index is 0.134. The van der Waals surface area contributed by atoms with E-state index in [4.69, 9.17) is 9.47 Å². The summed E-state index contributed by atoms with van der Waals surface area (Å²) in [4.78, 5) is 24.5. The standard InChI is InChI=1S/C15H15N5O4S2/c1-8-13(22)20-14(18-17-8)26-15(19-20)25-7-12(21)16-9-4-5-10(23-2)11(6-9)24-3/h4-6H,7H2,1-3H3,(H,16,21). The van der Waals surface area contributed by atoms with E-state index in [2.05, 4.69) is 20.6 Å². The Morgan fingerprint density at radius 3 is 2.77 bits per heavy atom. The second-order valence-corrected chi connectivity index (χ2v) is 7.24. The highest BCUT2D eigenvalue weighted by Gasteiger charge is 2.12. The van der Waals surface area contributed by atoms with Gasteiger partial charge in [0.2, 0.25) is 10.9 Å². The summed E-state index contributed by atoms with van der Waals surface area (Å²) in [6.07, 6.45) is 0. The first-order valence-corrected chi connectivity index (χ1v) is 9.20. The third kappa shape index (κ3) is 3.78. The number of anilines is 1. The van der Waals surface area contributed by atoms with Crippen molar-refractivity contribution in [2.45, 2.75) is 11.3 Å². The fourth-order valence-corrected chi connectivity index (χ4v) is 3.74. The number of aryl methyl sites for hydroxylation is 1. The number of benzene rings is 1. The number of methoxy groups -OCH3 is 2. The van der Waals surface area contributed by atoms with Crippen molar-refractivity contribution in [3.8, 4) is 11.5 Å². The van der Waals surface area contributed by atoms with Crippen LogP contribution in [0.25, 0.3) is 4.96 Å². The molecule has 3 rings (SSSR count). The first kappa shape index (κ1) is 18.1. The van der Waals surface area contributed by atoms with Crippen LogP contribution in [0.4, 0.5) is 5.69 Å². The summed E-state index contributed by atoms with van der Waals surface area (Å²) < 4.78 is 12.1. The summed E-state index contributed by atoms with van der Waals surface area (Å²) in [5.74, 6) is 1.03. The molecular formula is C15H15N5O4S2. The molecule has 0 spiro atoms. The number of aromatic nitrogens is 4. The van der Waals surface area contributed by atoms with Crippen molar-refractivity contribution in [3.63, 3.8) is 0 Å². The number of thioether (sulfide) groups is 1. The molecule has 1 N–H and O–H groups in total. The van der Waals surface area contributed by atoms with Gasteiger partial charge < -0.3 is 14.8 Å². The number of nitrogens with one attached hydrogen (secondary N) is 1. The quantitative estimate of drug-likeness (QED) is 0.629.